The second kappa shape index (κ2) is 8.96. The molecule has 0 bridgehead atoms. The zero-order valence-corrected chi connectivity index (χ0v) is 15.9. The first kappa shape index (κ1) is 17.8. The summed E-state index contributed by atoms with van der Waals surface area (Å²) >= 11 is 0. The van der Waals surface area contributed by atoms with E-state index in [1.54, 1.807) is 0 Å². The van der Waals surface area contributed by atoms with E-state index in [2.05, 4.69) is 55.5 Å². The Balaban J connectivity index is 0.00000192. The van der Waals surface area contributed by atoms with Crippen molar-refractivity contribution in [3.05, 3.63) is 66.2 Å². The maximum atomic E-state index is 4.73. The van der Waals surface area contributed by atoms with Gasteiger partial charge in [-0.1, -0.05) is 69.4 Å². The van der Waals surface area contributed by atoms with Gasteiger partial charge in [-0.05, 0) is 17.1 Å². The van der Waals surface area contributed by atoms with Crippen molar-refractivity contribution in [3.8, 4) is 11.3 Å². The predicted molar refractivity (Wildman–Crippen MR) is 93.9 cm³/mol. The summed E-state index contributed by atoms with van der Waals surface area (Å²) in [5, 5.41) is 1.18. The zero-order valence-electron chi connectivity index (χ0n) is 13.5. The van der Waals surface area contributed by atoms with E-state index in [-0.39, 0.29) is 20.1 Å². The third-order valence-electron chi connectivity index (χ3n) is 4.07. The summed E-state index contributed by atoms with van der Waals surface area (Å²) in [4.78, 5) is 4.73. The molecule has 1 nitrogen and oxygen atoms in total. The Kier molecular flexibility index (Phi) is 6.95. The second-order valence-electron chi connectivity index (χ2n) is 5.81. The normalized spacial score (nSPS) is 10.5. The first-order chi connectivity index (χ1) is 10.9. The number of nitrogens with zero attached hydrogens (tertiary/aromatic N) is 1. The second-order valence-corrected chi connectivity index (χ2v) is 5.81. The fraction of sp³-hybridized carbons (Fsp3) is 0.286. The summed E-state index contributed by atoms with van der Waals surface area (Å²) in [6.45, 7) is 2.25. The van der Waals surface area contributed by atoms with Crippen molar-refractivity contribution < 1.29 is 20.1 Å². The fourth-order valence-electron chi connectivity index (χ4n) is 2.74. The number of unbranched alkanes of at least 4 members (excludes halogenated alkanes) is 3. The van der Waals surface area contributed by atoms with Gasteiger partial charge < -0.3 is 0 Å². The molecule has 1 heterocycles. The molecule has 0 amide bonds. The van der Waals surface area contributed by atoms with E-state index in [1.165, 1.54) is 36.6 Å². The van der Waals surface area contributed by atoms with Gasteiger partial charge in [0.15, 0.2) is 0 Å². The van der Waals surface area contributed by atoms with Gasteiger partial charge in [0.1, 0.15) is 0 Å². The number of hydrogen-bond donors (Lipinski definition) is 0. The monoisotopic (exact) mass is 481 g/mol. The number of hydrogen-bond acceptors (Lipinski definition) is 1. The summed E-state index contributed by atoms with van der Waals surface area (Å²) in [7, 11) is 0. The van der Waals surface area contributed by atoms with Gasteiger partial charge in [-0.15, -0.1) is 35.4 Å². The molecule has 0 atom stereocenters. The number of benzene rings is 2. The number of rotatable bonds is 6. The van der Waals surface area contributed by atoms with E-state index in [9.17, 15) is 0 Å². The minimum atomic E-state index is 0. The van der Waals surface area contributed by atoms with Gasteiger partial charge in [-0.2, -0.15) is 0 Å². The Morgan fingerprint density at radius 3 is 2.57 bits per heavy atom. The van der Waals surface area contributed by atoms with Crippen molar-refractivity contribution in [3.63, 3.8) is 0 Å². The molecule has 3 rings (SSSR count). The molecule has 121 valence electrons. The van der Waals surface area contributed by atoms with Crippen molar-refractivity contribution in [1.29, 1.82) is 0 Å². The molecule has 2 aromatic carbocycles. The standard InChI is InChI=1S/C21H22N.Ir/c1-2-3-4-5-8-17-11-13-19(14-12-17)21-16-15-18-9-6-7-10-20(18)22-21;/h6-7,9-13,15-16H,2-5,8H2,1H3;/q-1;. The summed E-state index contributed by atoms with van der Waals surface area (Å²) in [5.74, 6) is 0. The summed E-state index contributed by atoms with van der Waals surface area (Å²) in [6, 6.07) is 22.3. The van der Waals surface area contributed by atoms with E-state index >= 15 is 0 Å². The zero-order chi connectivity index (χ0) is 15.2. The maximum absolute atomic E-state index is 4.73. The molecule has 0 saturated carbocycles. The van der Waals surface area contributed by atoms with Crippen LogP contribution in [0.15, 0.2) is 54.6 Å². The topological polar surface area (TPSA) is 12.9 Å². The van der Waals surface area contributed by atoms with Crippen molar-refractivity contribution in [2.24, 2.45) is 0 Å². The van der Waals surface area contributed by atoms with E-state index in [1.807, 2.05) is 12.1 Å². The fourth-order valence-corrected chi connectivity index (χ4v) is 2.74. The molecular weight excluding hydrogens is 458 g/mol. The minimum absolute atomic E-state index is 0. The van der Waals surface area contributed by atoms with Crippen LogP contribution in [0.3, 0.4) is 0 Å². The van der Waals surface area contributed by atoms with Gasteiger partial charge in [0.05, 0.1) is 5.52 Å². The molecule has 1 radical (unpaired) electrons. The van der Waals surface area contributed by atoms with Crippen LogP contribution in [-0.4, -0.2) is 4.98 Å². The summed E-state index contributed by atoms with van der Waals surface area (Å²) in [6.07, 6.45) is 6.38. The van der Waals surface area contributed by atoms with Gasteiger partial charge >= 0.3 is 0 Å². The first-order valence-corrected chi connectivity index (χ1v) is 8.23. The SMILES string of the molecule is CCCCCCc1c[c-]c(-c2ccc3ccccc3n2)cc1.[Ir]. The van der Waals surface area contributed by atoms with Crippen LogP contribution in [0.4, 0.5) is 0 Å². The summed E-state index contributed by atoms with van der Waals surface area (Å²) in [5.41, 5.74) is 4.48. The number of aryl methyl sites for hydroxylation is 1. The average Bonchev–Trinajstić information content (AvgIpc) is 2.59. The molecule has 1 aromatic heterocycles. The third kappa shape index (κ3) is 4.73. The van der Waals surface area contributed by atoms with E-state index in [4.69, 9.17) is 4.98 Å². The Morgan fingerprint density at radius 1 is 0.913 bits per heavy atom. The molecule has 0 aliphatic rings. The molecule has 0 aliphatic carbocycles. The Morgan fingerprint density at radius 2 is 1.78 bits per heavy atom. The van der Waals surface area contributed by atoms with Crippen LogP contribution in [-0.2, 0) is 26.5 Å². The van der Waals surface area contributed by atoms with E-state index in [0.717, 1.165) is 23.2 Å². The van der Waals surface area contributed by atoms with Crippen LogP contribution < -0.4 is 0 Å². The van der Waals surface area contributed by atoms with Crippen LogP contribution in [0.25, 0.3) is 22.2 Å². The Bertz CT molecular complexity index is 734. The molecule has 0 fully saturated rings. The van der Waals surface area contributed by atoms with Crippen LogP contribution in [0.2, 0.25) is 0 Å². The quantitative estimate of drug-likeness (QED) is 0.320. The molecule has 0 aliphatic heterocycles. The van der Waals surface area contributed by atoms with Gasteiger partial charge in [0, 0.05) is 20.1 Å². The molecule has 0 unspecified atom stereocenters. The first-order valence-electron chi connectivity index (χ1n) is 8.23. The van der Waals surface area contributed by atoms with Crippen LogP contribution in [0.1, 0.15) is 38.2 Å². The molecule has 2 heteroatoms. The molecule has 0 spiro atoms. The number of para-hydroxylation sites is 1. The van der Waals surface area contributed by atoms with Gasteiger partial charge in [0.25, 0.3) is 0 Å². The molecule has 23 heavy (non-hydrogen) atoms. The van der Waals surface area contributed by atoms with E-state index < -0.39 is 0 Å². The Labute approximate surface area is 152 Å². The molecule has 3 aromatic rings. The molecule has 0 N–H and O–H groups in total. The van der Waals surface area contributed by atoms with Gasteiger partial charge in [-0.3, -0.25) is 4.98 Å². The van der Waals surface area contributed by atoms with Gasteiger partial charge in [-0.25, -0.2) is 0 Å². The predicted octanol–water partition coefficient (Wildman–Crippen LogP) is 5.82. The van der Waals surface area contributed by atoms with Crippen LogP contribution in [0.5, 0.6) is 0 Å². The van der Waals surface area contributed by atoms with Crippen LogP contribution >= 0.6 is 0 Å². The Hall–Kier alpha value is -1.50. The van der Waals surface area contributed by atoms with Crippen LogP contribution in [0, 0.1) is 6.07 Å². The minimum Gasteiger partial charge on any atom is -0.296 e. The number of fused-ring (bicyclic) bond motifs is 1. The van der Waals surface area contributed by atoms with Crippen molar-refractivity contribution in [2.45, 2.75) is 39.0 Å². The number of pyridine rings is 1. The maximum Gasteiger partial charge on any atom is 0.0595 e. The van der Waals surface area contributed by atoms with Crippen molar-refractivity contribution in [2.75, 3.05) is 0 Å². The number of aromatic nitrogens is 1. The third-order valence-corrected chi connectivity index (χ3v) is 4.07. The van der Waals surface area contributed by atoms with Crippen molar-refractivity contribution in [1.82, 2.24) is 4.98 Å². The molecular formula is C21H22IrN-. The van der Waals surface area contributed by atoms with Crippen molar-refractivity contribution >= 4 is 10.9 Å². The van der Waals surface area contributed by atoms with Gasteiger partial charge in [0.2, 0.25) is 0 Å². The largest absolute Gasteiger partial charge is 0.296 e. The average molecular weight is 481 g/mol. The smallest absolute Gasteiger partial charge is 0.0595 e. The van der Waals surface area contributed by atoms with E-state index in [0.29, 0.717) is 0 Å². The molecule has 0 saturated heterocycles. The summed E-state index contributed by atoms with van der Waals surface area (Å²) < 4.78 is 0.